The molecule has 1 heterocycles. The Bertz CT molecular complexity index is 997. The number of fused-ring (bicyclic) bond motifs is 3. The van der Waals surface area contributed by atoms with Gasteiger partial charge in [-0.2, -0.15) is 0 Å². The molecule has 0 saturated heterocycles. The molecule has 1 aromatic carbocycles. The van der Waals surface area contributed by atoms with Crippen LogP contribution in [0.2, 0.25) is 0 Å². The van der Waals surface area contributed by atoms with Crippen LogP contribution in [-0.2, 0) is 0 Å². The van der Waals surface area contributed by atoms with Crippen LogP contribution >= 0.6 is 0 Å². The molecule has 0 aliphatic heterocycles. The van der Waals surface area contributed by atoms with E-state index in [0.717, 1.165) is 27.6 Å². The summed E-state index contributed by atoms with van der Waals surface area (Å²) >= 11 is 0. The van der Waals surface area contributed by atoms with E-state index in [1.54, 1.807) is 0 Å². The molecule has 1 aromatic heterocycles. The van der Waals surface area contributed by atoms with Gasteiger partial charge in [0.25, 0.3) is 0 Å². The third-order valence-corrected chi connectivity index (χ3v) is 3.97. The van der Waals surface area contributed by atoms with Crippen molar-refractivity contribution in [1.29, 1.82) is 0 Å². The van der Waals surface area contributed by atoms with E-state index in [1.807, 2.05) is 67.6 Å². The van der Waals surface area contributed by atoms with E-state index in [4.69, 9.17) is 4.42 Å². The van der Waals surface area contributed by atoms with Crippen LogP contribution in [0.3, 0.4) is 0 Å². The van der Waals surface area contributed by atoms with E-state index < -0.39 is 0 Å². The van der Waals surface area contributed by atoms with Crippen LogP contribution in [0.4, 0.5) is 0 Å². The van der Waals surface area contributed by atoms with Gasteiger partial charge in [-0.05, 0) is 35.6 Å². The van der Waals surface area contributed by atoms with Gasteiger partial charge in [-0.1, -0.05) is 60.2 Å². The van der Waals surface area contributed by atoms with Crippen LogP contribution in [0.5, 0.6) is 0 Å². The van der Waals surface area contributed by atoms with Crippen LogP contribution in [0, 0.1) is 6.92 Å². The number of benzene rings is 1. The first kappa shape index (κ1) is 12.8. The monoisotopic (exact) mass is 286 g/mol. The third-order valence-electron chi connectivity index (χ3n) is 3.97. The van der Waals surface area contributed by atoms with Crippen molar-refractivity contribution in [3.05, 3.63) is 82.7 Å². The minimum absolute atomic E-state index is 0.282. The van der Waals surface area contributed by atoms with Crippen LogP contribution in [0.25, 0.3) is 33.2 Å². The predicted octanol–water partition coefficient (Wildman–Crippen LogP) is 4.87. The van der Waals surface area contributed by atoms with Crippen molar-refractivity contribution in [2.45, 2.75) is 6.92 Å². The fourth-order valence-corrected chi connectivity index (χ4v) is 2.83. The molecule has 0 saturated carbocycles. The van der Waals surface area contributed by atoms with E-state index in [2.05, 4.69) is 6.07 Å². The van der Waals surface area contributed by atoms with Gasteiger partial charge in [-0.15, -0.1) is 0 Å². The Labute approximate surface area is 128 Å². The second-order valence-corrected chi connectivity index (χ2v) is 5.52. The molecule has 0 fully saturated rings. The van der Waals surface area contributed by atoms with Crippen molar-refractivity contribution in [3.8, 4) is 22.5 Å². The van der Waals surface area contributed by atoms with Crippen LogP contribution in [0.1, 0.15) is 5.56 Å². The summed E-state index contributed by atoms with van der Waals surface area (Å²) in [4.78, 5) is 12.5. The lowest BCUT2D eigenvalue weighted by molar-refractivity contribution is 0.535. The molecular weight excluding hydrogens is 272 g/mol. The van der Waals surface area contributed by atoms with Crippen molar-refractivity contribution >= 4 is 10.8 Å². The van der Waals surface area contributed by atoms with Gasteiger partial charge in [0.2, 0.25) is 0 Å². The van der Waals surface area contributed by atoms with Gasteiger partial charge in [0.15, 0.2) is 0 Å². The van der Waals surface area contributed by atoms with E-state index >= 15 is 0 Å². The summed E-state index contributed by atoms with van der Waals surface area (Å²) in [5.41, 5.74) is 3.79. The van der Waals surface area contributed by atoms with Gasteiger partial charge in [-0.25, -0.2) is 4.79 Å². The normalized spacial score (nSPS) is 11.1. The Balaban J connectivity index is 2.04. The van der Waals surface area contributed by atoms with Gasteiger partial charge in [0.05, 0.1) is 5.39 Å². The topological polar surface area (TPSA) is 30.2 Å². The molecule has 106 valence electrons. The number of rotatable bonds is 1. The maximum Gasteiger partial charge on any atom is 0.344 e. The van der Waals surface area contributed by atoms with Gasteiger partial charge >= 0.3 is 5.63 Å². The molecule has 2 nitrogen and oxygen atoms in total. The Morgan fingerprint density at radius 1 is 0.818 bits per heavy atom. The summed E-state index contributed by atoms with van der Waals surface area (Å²) in [5.74, 6) is 0.606. The van der Waals surface area contributed by atoms with Crippen LogP contribution in [0.15, 0.2) is 75.9 Å². The molecule has 2 aromatic rings. The Hall–Kier alpha value is -2.87. The average Bonchev–Trinajstić information content (AvgIpc) is 2.80. The molecule has 0 spiro atoms. The Morgan fingerprint density at radius 3 is 2.41 bits per heavy atom. The van der Waals surface area contributed by atoms with Crippen LogP contribution in [-0.4, -0.2) is 0 Å². The van der Waals surface area contributed by atoms with Gasteiger partial charge in [0, 0.05) is 5.56 Å². The number of aryl methyl sites for hydroxylation is 1. The number of hydrogen-bond acceptors (Lipinski definition) is 2. The smallest absolute Gasteiger partial charge is 0.344 e. The lowest BCUT2D eigenvalue weighted by Gasteiger charge is -2.00. The van der Waals surface area contributed by atoms with Gasteiger partial charge in [0.1, 0.15) is 5.76 Å². The molecule has 2 aliphatic carbocycles. The fourth-order valence-electron chi connectivity index (χ4n) is 2.83. The molecule has 0 N–H and O–H groups in total. The minimum Gasteiger partial charge on any atom is -0.422 e. The lowest BCUT2D eigenvalue weighted by atomic mass is 10.1. The zero-order valence-corrected chi connectivity index (χ0v) is 12.2. The summed E-state index contributed by atoms with van der Waals surface area (Å²) in [6.45, 7) is 2.04. The Morgan fingerprint density at radius 2 is 1.59 bits per heavy atom. The molecule has 0 radical (unpaired) electrons. The van der Waals surface area contributed by atoms with Crippen LogP contribution < -0.4 is 5.63 Å². The molecule has 0 unspecified atom stereocenters. The summed E-state index contributed by atoms with van der Waals surface area (Å²) in [6.07, 6.45) is 0. The molecule has 0 amide bonds. The van der Waals surface area contributed by atoms with E-state index in [9.17, 15) is 4.79 Å². The van der Waals surface area contributed by atoms with E-state index in [-0.39, 0.29) is 5.63 Å². The summed E-state index contributed by atoms with van der Waals surface area (Å²) in [5, 5.41) is 1.58. The highest BCUT2D eigenvalue weighted by molar-refractivity contribution is 6.02. The maximum absolute atomic E-state index is 12.5. The zero-order chi connectivity index (χ0) is 15.1. The highest BCUT2D eigenvalue weighted by Gasteiger charge is 2.15. The largest absolute Gasteiger partial charge is 0.422 e. The van der Waals surface area contributed by atoms with E-state index in [1.165, 1.54) is 0 Å². The van der Waals surface area contributed by atoms with Crippen molar-refractivity contribution in [3.63, 3.8) is 0 Å². The van der Waals surface area contributed by atoms with Crippen molar-refractivity contribution in [2.24, 2.45) is 0 Å². The quantitative estimate of drug-likeness (QED) is 0.499. The standard InChI is InChI=1S/C20H14O2/c1-13-7-9-15-11-16-12-18(14-5-3-2-4-6-14)22-20(21)19(16)17(15)10-8-13/h2-12H,1H3. The first-order valence-electron chi connectivity index (χ1n) is 7.25. The summed E-state index contributed by atoms with van der Waals surface area (Å²) in [7, 11) is 0. The first-order chi connectivity index (χ1) is 10.7. The molecule has 2 heteroatoms. The molecule has 4 rings (SSSR count). The molecule has 22 heavy (non-hydrogen) atoms. The summed E-state index contributed by atoms with van der Waals surface area (Å²) < 4.78 is 5.55. The minimum atomic E-state index is -0.282. The number of hydrogen-bond donors (Lipinski definition) is 0. The molecule has 0 bridgehead atoms. The summed E-state index contributed by atoms with van der Waals surface area (Å²) in [6, 6.07) is 21.8. The molecular formula is C20H14O2. The van der Waals surface area contributed by atoms with Gasteiger partial charge in [-0.3, -0.25) is 0 Å². The molecule has 0 atom stereocenters. The molecule has 2 aliphatic rings. The SMILES string of the molecule is Cc1ccc2cc3cc(-c4ccccc4)oc(=O)c3c-2cc1. The lowest BCUT2D eigenvalue weighted by Crippen LogP contribution is -1.99. The first-order valence-corrected chi connectivity index (χ1v) is 7.25. The zero-order valence-electron chi connectivity index (χ0n) is 12.2. The fraction of sp³-hybridized carbons (Fsp3) is 0.0500. The van der Waals surface area contributed by atoms with E-state index in [0.29, 0.717) is 11.1 Å². The highest BCUT2D eigenvalue weighted by Crippen LogP contribution is 2.33. The Kier molecular flexibility index (Phi) is 2.83. The second-order valence-electron chi connectivity index (χ2n) is 5.52. The maximum atomic E-state index is 12.5. The predicted molar refractivity (Wildman–Crippen MR) is 89.3 cm³/mol. The highest BCUT2D eigenvalue weighted by atomic mass is 16.4. The van der Waals surface area contributed by atoms with Gasteiger partial charge < -0.3 is 4.42 Å². The van der Waals surface area contributed by atoms with Crippen molar-refractivity contribution in [1.82, 2.24) is 0 Å². The third kappa shape index (κ3) is 2.01. The average molecular weight is 286 g/mol. The second kappa shape index (κ2) is 4.85. The van der Waals surface area contributed by atoms with Crippen molar-refractivity contribution in [2.75, 3.05) is 0 Å². The van der Waals surface area contributed by atoms with Crippen molar-refractivity contribution < 1.29 is 4.42 Å².